The van der Waals surface area contributed by atoms with Crippen LogP contribution in [0.15, 0.2) is 47.1 Å². The van der Waals surface area contributed by atoms with Crippen molar-refractivity contribution in [1.29, 1.82) is 0 Å². The summed E-state index contributed by atoms with van der Waals surface area (Å²) in [5.74, 6) is 1.35. The maximum atomic E-state index is 12.8. The molecule has 1 amide bonds. The number of benzene rings is 1. The van der Waals surface area contributed by atoms with Crippen LogP contribution >= 0.6 is 0 Å². The fourth-order valence-corrected chi connectivity index (χ4v) is 3.17. The van der Waals surface area contributed by atoms with Crippen LogP contribution in [0.2, 0.25) is 0 Å². The topological polar surface area (TPSA) is 63.9 Å². The van der Waals surface area contributed by atoms with E-state index in [0.29, 0.717) is 37.7 Å². The molecule has 1 aliphatic heterocycles. The first-order valence-electron chi connectivity index (χ1n) is 9.65. The van der Waals surface area contributed by atoms with Crippen LogP contribution in [0.4, 0.5) is 0 Å². The molecule has 146 valence electrons. The molecule has 1 aliphatic rings. The molecule has 2 aromatic rings. The van der Waals surface area contributed by atoms with Gasteiger partial charge in [-0.15, -0.1) is 0 Å². The van der Waals surface area contributed by atoms with Crippen molar-refractivity contribution in [2.75, 3.05) is 39.5 Å². The number of carbonyl (C=O) groups excluding carboxylic acids is 1. The minimum absolute atomic E-state index is 0.0129. The number of para-hydroxylation sites is 1. The van der Waals surface area contributed by atoms with E-state index in [0.717, 1.165) is 31.7 Å². The van der Waals surface area contributed by atoms with Gasteiger partial charge in [0.25, 0.3) is 5.91 Å². The minimum Gasteiger partial charge on any atom is -0.493 e. The zero-order valence-corrected chi connectivity index (χ0v) is 15.9. The Kier molecular flexibility index (Phi) is 7.30. The third kappa shape index (κ3) is 5.34. The number of nitrogens with one attached hydrogen (secondary N) is 1. The van der Waals surface area contributed by atoms with E-state index in [2.05, 4.69) is 17.1 Å². The Morgan fingerprint density at radius 1 is 1.22 bits per heavy atom. The van der Waals surface area contributed by atoms with Crippen molar-refractivity contribution in [3.05, 3.63) is 54.0 Å². The molecular weight excluding hydrogens is 344 g/mol. The molecule has 1 atom stereocenters. The van der Waals surface area contributed by atoms with Gasteiger partial charge in [0.05, 0.1) is 37.7 Å². The quantitative estimate of drug-likeness (QED) is 0.685. The van der Waals surface area contributed by atoms with Crippen molar-refractivity contribution >= 4 is 5.91 Å². The molecular formula is C21H28N2O4. The van der Waals surface area contributed by atoms with Crippen molar-refractivity contribution in [3.8, 4) is 5.75 Å². The predicted molar refractivity (Wildman–Crippen MR) is 103 cm³/mol. The summed E-state index contributed by atoms with van der Waals surface area (Å²) in [6, 6.07) is 11.2. The summed E-state index contributed by atoms with van der Waals surface area (Å²) in [6.45, 7) is 6.22. The normalized spacial score (nSPS) is 16.0. The minimum atomic E-state index is -0.132. The lowest BCUT2D eigenvalue weighted by Gasteiger charge is -2.33. The van der Waals surface area contributed by atoms with E-state index in [1.807, 2.05) is 30.3 Å². The number of carbonyl (C=O) groups is 1. The SMILES string of the molecule is CCCCOc1ccccc1C(=O)NCC(c1ccco1)N1CCOCC1. The molecule has 0 saturated carbocycles. The molecule has 0 spiro atoms. The van der Waals surface area contributed by atoms with Gasteiger partial charge >= 0.3 is 0 Å². The molecule has 0 aliphatic carbocycles. The Morgan fingerprint density at radius 3 is 2.78 bits per heavy atom. The Bertz CT molecular complexity index is 696. The molecule has 6 nitrogen and oxygen atoms in total. The highest BCUT2D eigenvalue weighted by Crippen LogP contribution is 2.23. The van der Waals surface area contributed by atoms with E-state index in [4.69, 9.17) is 13.9 Å². The van der Waals surface area contributed by atoms with Crippen molar-refractivity contribution in [2.45, 2.75) is 25.8 Å². The van der Waals surface area contributed by atoms with E-state index in [1.165, 1.54) is 0 Å². The van der Waals surface area contributed by atoms with Gasteiger partial charge in [-0.2, -0.15) is 0 Å². The molecule has 6 heteroatoms. The summed E-state index contributed by atoms with van der Waals surface area (Å²) in [7, 11) is 0. The lowest BCUT2D eigenvalue weighted by atomic mass is 10.1. The van der Waals surface area contributed by atoms with Crippen LogP contribution in [0, 0.1) is 0 Å². The van der Waals surface area contributed by atoms with E-state index >= 15 is 0 Å². The molecule has 0 bridgehead atoms. The number of furan rings is 1. The second-order valence-electron chi connectivity index (χ2n) is 6.59. The summed E-state index contributed by atoms with van der Waals surface area (Å²) in [4.78, 5) is 15.1. The first-order valence-corrected chi connectivity index (χ1v) is 9.65. The zero-order chi connectivity index (χ0) is 18.9. The standard InChI is InChI=1S/C21H28N2O4/c1-2-3-12-26-19-8-5-4-7-17(19)21(24)22-16-18(20-9-6-13-27-20)23-10-14-25-15-11-23/h4-9,13,18H,2-3,10-12,14-16H2,1H3,(H,22,24). The molecule has 1 unspecified atom stereocenters. The maximum Gasteiger partial charge on any atom is 0.255 e. The van der Waals surface area contributed by atoms with Gasteiger partial charge in [0.1, 0.15) is 11.5 Å². The average molecular weight is 372 g/mol. The monoisotopic (exact) mass is 372 g/mol. The lowest BCUT2D eigenvalue weighted by molar-refractivity contribution is 0.0118. The fraction of sp³-hybridized carbons (Fsp3) is 0.476. The van der Waals surface area contributed by atoms with Crippen molar-refractivity contribution < 1.29 is 18.7 Å². The number of nitrogens with zero attached hydrogens (tertiary/aromatic N) is 1. The first kappa shape index (κ1) is 19.5. The molecule has 3 rings (SSSR count). The van der Waals surface area contributed by atoms with Crippen LogP contribution in [0.3, 0.4) is 0 Å². The Labute approximate surface area is 160 Å². The van der Waals surface area contributed by atoms with Crippen LogP contribution in [0.25, 0.3) is 0 Å². The summed E-state index contributed by atoms with van der Waals surface area (Å²) in [5, 5.41) is 3.05. The number of ether oxygens (including phenoxy) is 2. The van der Waals surface area contributed by atoms with Gasteiger partial charge in [-0.1, -0.05) is 25.5 Å². The van der Waals surface area contributed by atoms with Crippen molar-refractivity contribution in [3.63, 3.8) is 0 Å². The van der Waals surface area contributed by atoms with Crippen LogP contribution in [-0.2, 0) is 4.74 Å². The third-order valence-electron chi connectivity index (χ3n) is 4.70. The van der Waals surface area contributed by atoms with Crippen LogP contribution in [-0.4, -0.2) is 50.3 Å². The largest absolute Gasteiger partial charge is 0.493 e. The number of unbranched alkanes of at least 4 members (excludes halogenated alkanes) is 1. The van der Waals surface area contributed by atoms with Crippen molar-refractivity contribution in [1.82, 2.24) is 10.2 Å². The lowest BCUT2D eigenvalue weighted by Crippen LogP contribution is -2.43. The number of morpholine rings is 1. The molecule has 1 aromatic heterocycles. The predicted octanol–water partition coefficient (Wildman–Crippen LogP) is 3.26. The first-order chi connectivity index (χ1) is 13.3. The van der Waals surface area contributed by atoms with Gasteiger partial charge in [-0.3, -0.25) is 9.69 Å². The molecule has 1 saturated heterocycles. The molecule has 1 aromatic carbocycles. The summed E-state index contributed by atoms with van der Waals surface area (Å²) in [6.07, 6.45) is 3.69. The molecule has 27 heavy (non-hydrogen) atoms. The van der Waals surface area contributed by atoms with Gasteiger partial charge in [0.2, 0.25) is 0 Å². The maximum absolute atomic E-state index is 12.8. The van der Waals surface area contributed by atoms with E-state index in [1.54, 1.807) is 12.3 Å². The summed E-state index contributed by atoms with van der Waals surface area (Å²) >= 11 is 0. The highest BCUT2D eigenvalue weighted by atomic mass is 16.5. The Hall–Kier alpha value is -2.31. The van der Waals surface area contributed by atoms with E-state index in [-0.39, 0.29) is 11.9 Å². The van der Waals surface area contributed by atoms with Crippen molar-refractivity contribution in [2.24, 2.45) is 0 Å². The number of amides is 1. The second-order valence-corrected chi connectivity index (χ2v) is 6.59. The Morgan fingerprint density at radius 2 is 2.04 bits per heavy atom. The van der Waals surface area contributed by atoms with Gasteiger partial charge < -0.3 is 19.2 Å². The zero-order valence-electron chi connectivity index (χ0n) is 15.9. The van der Waals surface area contributed by atoms with E-state index in [9.17, 15) is 4.79 Å². The Balaban J connectivity index is 1.65. The van der Waals surface area contributed by atoms with Gasteiger partial charge in [-0.25, -0.2) is 0 Å². The number of rotatable bonds is 9. The highest BCUT2D eigenvalue weighted by molar-refractivity contribution is 5.96. The van der Waals surface area contributed by atoms with Gasteiger partial charge in [0.15, 0.2) is 0 Å². The van der Waals surface area contributed by atoms with Gasteiger partial charge in [0, 0.05) is 19.6 Å². The number of hydrogen-bond donors (Lipinski definition) is 1. The van der Waals surface area contributed by atoms with Gasteiger partial charge in [-0.05, 0) is 30.7 Å². The van der Waals surface area contributed by atoms with Crippen LogP contribution in [0.5, 0.6) is 5.75 Å². The average Bonchev–Trinajstić information content (AvgIpc) is 3.24. The third-order valence-corrected chi connectivity index (χ3v) is 4.70. The van der Waals surface area contributed by atoms with Crippen LogP contribution in [0.1, 0.15) is 41.9 Å². The molecule has 2 heterocycles. The second kappa shape index (κ2) is 10.1. The molecule has 1 N–H and O–H groups in total. The highest BCUT2D eigenvalue weighted by Gasteiger charge is 2.25. The smallest absolute Gasteiger partial charge is 0.255 e. The molecule has 1 fully saturated rings. The van der Waals surface area contributed by atoms with Crippen LogP contribution < -0.4 is 10.1 Å². The summed E-state index contributed by atoms with van der Waals surface area (Å²) < 4.78 is 16.9. The van der Waals surface area contributed by atoms with E-state index < -0.39 is 0 Å². The molecule has 0 radical (unpaired) electrons. The fourth-order valence-electron chi connectivity index (χ4n) is 3.17. The number of hydrogen-bond acceptors (Lipinski definition) is 5. The summed E-state index contributed by atoms with van der Waals surface area (Å²) in [5.41, 5.74) is 0.564.